The third-order valence-electron chi connectivity index (χ3n) is 7.63. The smallest absolute Gasteiger partial charge is 0.256 e. The number of carbonyl (C=O) groups excluding carboxylic acids is 1. The van der Waals surface area contributed by atoms with Gasteiger partial charge in [-0.2, -0.15) is 4.98 Å². The van der Waals surface area contributed by atoms with Crippen LogP contribution in [0.25, 0.3) is 16.7 Å². The predicted octanol–water partition coefficient (Wildman–Crippen LogP) is 4.60. The Morgan fingerprint density at radius 1 is 0.905 bits per heavy atom. The first kappa shape index (κ1) is 27.0. The average molecular weight is 562 g/mol. The number of nitrogens with zero attached hydrogens (tertiary/aromatic N) is 4. The summed E-state index contributed by atoms with van der Waals surface area (Å²) < 4.78 is 12.2. The third-order valence-corrected chi connectivity index (χ3v) is 7.63. The third kappa shape index (κ3) is 5.16. The number of amides is 1. The Morgan fingerprint density at radius 3 is 2.43 bits per heavy atom. The molecular formula is C33H31N5O4. The monoisotopic (exact) mass is 561 g/mol. The molecule has 1 amide bonds. The van der Waals surface area contributed by atoms with Crippen LogP contribution in [0.5, 0.6) is 11.5 Å². The number of nitrogens with one attached hydrogen (secondary N) is 1. The molecule has 0 atom stereocenters. The zero-order valence-electron chi connectivity index (χ0n) is 23.8. The molecule has 42 heavy (non-hydrogen) atoms. The van der Waals surface area contributed by atoms with Crippen molar-refractivity contribution in [1.82, 2.24) is 19.9 Å². The lowest BCUT2D eigenvalue weighted by molar-refractivity contribution is 0.0951. The number of carbonyl (C=O) groups is 1. The van der Waals surface area contributed by atoms with E-state index in [2.05, 4.69) is 28.4 Å². The van der Waals surface area contributed by atoms with Gasteiger partial charge in [-0.25, -0.2) is 4.98 Å². The van der Waals surface area contributed by atoms with Crippen LogP contribution in [-0.4, -0.2) is 41.2 Å². The number of ether oxygens (including phenoxy) is 2. The SMILES string of the molecule is COc1ccc(CNC(=O)c2ccc(-n3c(=O)ccc4c(C)nc(N5CCc6ccccc6C5)nc43)cc2)cc1OC. The number of anilines is 1. The molecule has 1 aliphatic heterocycles. The molecule has 1 aliphatic rings. The molecule has 5 aromatic rings. The van der Waals surface area contributed by atoms with Crippen LogP contribution in [0.15, 0.2) is 83.7 Å². The average Bonchev–Trinajstić information content (AvgIpc) is 3.03. The predicted molar refractivity (Wildman–Crippen MR) is 162 cm³/mol. The summed E-state index contributed by atoms with van der Waals surface area (Å²) in [6, 6.07) is 24.2. The highest BCUT2D eigenvalue weighted by Crippen LogP contribution is 2.28. The van der Waals surface area contributed by atoms with Gasteiger partial charge >= 0.3 is 0 Å². The van der Waals surface area contributed by atoms with Gasteiger partial charge in [-0.3, -0.25) is 14.2 Å². The van der Waals surface area contributed by atoms with E-state index in [0.717, 1.165) is 29.6 Å². The van der Waals surface area contributed by atoms with Crippen LogP contribution in [0.4, 0.5) is 5.95 Å². The number of hydrogen-bond acceptors (Lipinski definition) is 7. The summed E-state index contributed by atoms with van der Waals surface area (Å²) in [7, 11) is 3.15. The van der Waals surface area contributed by atoms with Crippen LogP contribution in [-0.2, 0) is 19.5 Å². The Labute approximate surface area is 243 Å². The van der Waals surface area contributed by atoms with Gasteiger partial charge in [0.1, 0.15) is 0 Å². The maximum atomic E-state index is 13.2. The van der Waals surface area contributed by atoms with Gasteiger partial charge in [0.25, 0.3) is 11.5 Å². The zero-order valence-corrected chi connectivity index (χ0v) is 23.8. The van der Waals surface area contributed by atoms with Crippen LogP contribution in [0.2, 0.25) is 0 Å². The van der Waals surface area contributed by atoms with Crippen LogP contribution < -0.4 is 25.2 Å². The second kappa shape index (κ2) is 11.4. The largest absolute Gasteiger partial charge is 0.493 e. The van der Waals surface area contributed by atoms with E-state index in [-0.39, 0.29) is 11.5 Å². The fraction of sp³-hybridized carbons (Fsp3) is 0.212. The number of methoxy groups -OCH3 is 2. The molecule has 1 N–H and O–H groups in total. The first-order valence-corrected chi connectivity index (χ1v) is 13.8. The summed E-state index contributed by atoms with van der Waals surface area (Å²) in [5, 5.41) is 3.73. The Bertz CT molecular complexity index is 1850. The molecular weight excluding hydrogens is 530 g/mol. The molecule has 9 heteroatoms. The van der Waals surface area contributed by atoms with Crippen molar-refractivity contribution in [2.45, 2.75) is 26.4 Å². The molecule has 0 unspecified atom stereocenters. The fourth-order valence-corrected chi connectivity index (χ4v) is 5.35. The van der Waals surface area contributed by atoms with Crippen LogP contribution >= 0.6 is 0 Å². The molecule has 0 aliphatic carbocycles. The van der Waals surface area contributed by atoms with Crippen molar-refractivity contribution in [2.75, 3.05) is 25.7 Å². The molecule has 6 rings (SSSR count). The zero-order chi connectivity index (χ0) is 29.2. The van der Waals surface area contributed by atoms with Gasteiger partial charge in [0.2, 0.25) is 5.95 Å². The maximum Gasteiger partial charge on any atom is 0.256 e. The summed E-state index contributed by atoms with van der Waals surface area (Å²) in [5.41, 5.74) is 5.71. The normalized spacial score (nSPS) is 12.6. The number of pyridine rings is 1. The lowest BCUT2D eigenvalue weighted by Crippen LogP contribution is -2.32. The lowest BCUT2D eigenvalue weighted by atomic mass is 10.0. The van der Waals surface area contributed by atoms with Gasteiger partial charge in [-0.15, -0.1) is 0 Å². The van der Waals surface area contributed by atoms with Crippen LogP contribution in [0.3, 0.4) is 0 Å². The standard InChI is InChI=1S/C33H31N5O4/c1-21-27-13-15-30(39)38(31(27)36-33(35-21)37-17-16-23-6-4-5-7-25(23)20-37)26-11-9-24(10-12-26)32(40)34-19-22-8-14-28(41-2)29(18-22)42-3/h4-15,18H,16-17,19-20H2,1-3H3,(H,34,40). The topological polar surface area (TPSA) is 98.6 Å². The number of aryl methyl sites for hydroxylation is 1. The fourth-order valence-electron chi connectivity index (χ4n) is 5.35. The summed E-state index contributed by atoms with van der Waals surface area (Å²) in [4.78, 5) is 37.9. The van der Waals surface area contributed by atoms with Crippen molar-refractivity contribution < 1.29 is 14.3 Å². The number of rotatable bonds is 7. The highest BCUT2D eigenvalue weighted by Gasteiger charge is 2.20. The van der Waals surface area contributed by atoms with Gasteiger partial charge in [0.15, 0.2) is 17.1 Å². The van der Waals surface area contributed by atoms with E-state index in [1.807, 2.05) is 25.1 Å². The highest BCUT2D eigenvalue weighted by molar-refractivity contribution is 5.94. The molecule has 3 aromatic carbocycles. The molecule has 212 valence electrons. The van der Waals surface area contributed by atoms with Crippen molar-refractivity contribution >= 4 is 22.9 Å². The molecule has 9 nitrogen and oxygen atoms in total. The van der Waals surface area contributed by atoms with Crippen molar-refractivity contribution in [3.8, 4) is 17.2 Å². The van der Waals surface area contributed by atoms with Gasteiger partial charge in [0.05, 0.1) is 25.6 Å². The molecule has 0 fully saturated rings. The van der Waals surface area contributed by atoms with E-state index in [1.165, 1.54) is 17.2 Å². The molecule has 0 bridgehead atoms. The van der Waals surface area contributed by atoms with Crippen molar-refractivity contribution in [2.24, 2.45) is 0 Å². The van der Waals surface area contributed by atoms with E-state index < -0.39 is 0 Å². The minimum absolute atomic E-state index is 0.207. The van der Waals surface area contributed by atoms with Crippen LogP contribution in [0.1, 0.15) is 32.7 Å². The first-order chi connectivity index (χ1) is 20.4. The van der Waals surface area contributed by atoms with Crippen molar-refractivity contribution in [3.05, 3.63) is 117 Å². The molecule has 0 saturated carbocycles. The summed E-state index contributed by atoms with van der Waals surface area (Å²) in [5.74, 6) is 1.59. The van der Waals surface area contributed by atoms with Gasteiger partial charge < -0.3 is 19.7 Å². The molecule has 0 radical (unpaired) electrons. The van der Waals surface area contributed by atoms with Gasteiger partial charge in [0, 0.05) is 36.7 Å². The number of fused-ring (bicyclic) bond motifs is 2. The molecule has 3 heterocycles. The number of benzene rings is 3. The Hall–Kier alpha value is -5.18. The Morgan fingerprint density at radius 2 is 1.67 bits per heavy atom. The van der Waals surface area contributed by atoms with E-state index in [0.29, 0.717) is 47.4 Å². The summed E-state index contributed by atoms with van der Waals surface area (Å²) in [6.07, 6.45) is 0.910. The lowest BCUT2D eigenvalue weighted by Gasteiger charge is -2.29. The second-order valence-corrected chi connectivity index (χ2v) is 10.2. The maximum absolute atomic E-state index is 13.2. The minimum Gasteiger partial charge on any atom is -0.493 e. The van der Waals surface area contributed by atoms with Gasteiger partial charge in [-0.05, 0) is 72.5 Å². The molecule has 2 aromatic heterocycles. The molecule has 0 spiro atoms. The van der Waals surface area contributed by atoms with E-state index >= 15 is 0 Å². The number of hydrogen-bond donors (Lipinski definition) is 1. The number of aromatic nitrogens is 3. The first-order valence-electron chi connectivity index (χ1n) is 13.8. The summed E-state index contributed by atoms with van der Waals surface area (Å²) >= 11 is 0. The van der Waals surface area contributed by atoms with Crippen molar-refractivity contribution in [3.63, 3.8) is 0 Å². The van der Waals surface area contributed by atoms with E-state index in [1.54, 1.807) is 55.2 Å². The van der Waals surface area contributed by atoms with E-state index in [4.69, 9.17) is 19.4 Å². The second-order valence-electron chi connectivity index (χ2n) is 10.2. The Balaban J connectivity index is 1.26. The highest BCUT2D eigenvalue weighted by atomic mass is 16.5. The minimum atomic E-state index is -0.229. The van der Waals surface area contributed by atoms with E-state index in [9.17, 15) is 9.59 Å². The van der Waals surface area contributed by atoms with Gasteiger partial charge in [-0.1, -0.05) is 30.3 Å². The summed E-state index contributed by atoms with van der Waals surface area (Å²) in [6.45, 7) is 3.77. The quantitative estimate of drug-likeness (QED) is 0.310. The molecule has 0 saturated heterocycles. The Kier molecular flexibility index (Phi) is 7.31. The van der Waals surface area contributed by atoms with Crippen LogP contribution in [0, 0.1) is 6.92 Å². The van der Waals surface area contributed by atoms with Crippen molar-refractivity contribution in [1.29, 1.82) is 0 Å².